The maximum atomic E-state index is 12.4. The second-order valence-corrected chi connectivity index (χ2v) is 6.22. The molecule has 0 bridgehead atoms. The van der Waals surface area contributed by atoms with E-state index in [9.17, 15) is 14.4 Å². The van der Waals surface area contributed by atoms with E-state index in [0.29, 0.717) is 37.7 Å². The summed E-state index contributed by atoms with van der Waals surface area (Å²) in [7, 11) is 0. The van der Waals surface area contributed by atoms with Gasteiger partial charge in [0.2, 0.25) is 0 Å². The Morgan fingerprint density at radius 1 is 1.00 bits per heavy atom. The summed E-state index contributed by atoms with van der Waals surface area (Å²) in [6.45, 7) is 5.52. The molecule has 0 aliphatic carbocycles. The number of esters is 2. The Labute approximate surface area is 170 Å². The first-order chi connectivity index (χ1) is 14.0. The Bertz CT molecular complexity index is 669. The molecule has 9 nitrogen and oxygen atoms in total. The summed E-state index contributed by atoms with van der Waals surface area (Å²) in [5.74, 6) is -0.708. The van der Waals surface area contributed by atoms with Gasteiger partial charge >= 0.3 is 11.9 Å². The van der Waals surface area contributed by atoms with Gasteiger partial charge in [0.05, 0.1) is 32.1 Å². The highest BCUT2D eigenvalue weighted by Crippen LogP contribution is 2.28. The predicted octanol–water partition coefficient (Wildman–Crippen LogP) is 0.857. The van der Waals surface area contributed by atoms with E-state index in [1.807, 2.05) is 0 Å². The van der Waals surface area contributed by atoms with Crippen molar-refractivity contribution < 1.29 is 33.3 Å². The Balaban J connectivity index is 2.11. The smallest absolute Gasteiger partial charge is 0.325 e. The van der Waals surface area contributed by atoms with Crippen LogP contribution in [0.3, 0.4) is 0 Å². The highest BCUT2D eigenvalue weighted by Gasteiger charge is 2.22. The highest BCUT2D eigenvalue weighted by molar-refractivity contribution is 5.83. The van der Waals surface area contributed by atoms with Gasteiger partial charge in [0.25, 0.3) is 5.91 Å². The molecule has 1 amide bonds. The number of anilines is 1. The molecule has 9 heteroatoms. The number of rotatable bonds is 10. The molecule has 0 radical (unpaired) electrons. The van der Waals surface area contributed by atoms with Gasteiger partial charge in [-0.1, -0.05) is 12.1 Å². The summed E-state index contributed by atoms with van der Waals surface area (Å²) in [6, 6.07) is 6.92. The lowest BCUT2D eigenvalue weighted by Gasteiger charge is -2.28. The number of hydrogen-bond donors (Lipinski definition) is 0. The monoisotopic (exact) mass is 408 g/mol. The van der Waals surface area contributed by atoms with Crippen LogP contribution in [0.15, 0.2) is 24.3 Å². The summed E-state index contributed by atoms with van der Waals surface area (Å²) < 4.78 is 21.0. The van der Waals surface area contributed by atoms with Crippen LogP contribution < -0.4 is 9.64 Å². The first-order valence-electron chi connectivity index (χ1n) is 9.68. The maximum absolute atomic E-state index is 12.4. The molecule has 1 aromatic rings. The molecule has 0 saturated carbocycles. The van der Waals surface area contributed by atoms with E-state index < -0.39 is 11.9 Å². The van der Waals surface area contributed by atoms with Crippen LogP contribution in [0.25, 0.3) is 0 Å². The van der Waals surface area contributed by atoms with Gasteiger partial charge in [0.15, 0.2) is 6.61 Å². The molecule has 0 atom stereocenters. The van der Waals surface area contributed by atoms with Crippen LogP contribution in [-0.4, -0.2) is 82.0 Å². The molecule has 29 heavy (non-hydrogen) atoms. The number of nitrogens with zero attached hydrogens (tertiary/aromatic N) is 2. The van der Waals surface area contributed by atoms with E-state index >= 15 is 0 Å². The van der Waals surface area contributed by atoms with Gasteiger partial charge in [-0.3, -0.25) is 14.4 Å². The van der Waals surface area contributed by atoms with E-state index in [-0.39, 0.29) is 38.8 Å². The zero-order chi connectivity index (χ0) is 21.1. The fourth-order valence-corrected chi connectivity index (χ4v) is 2.84. The molecule has 1 aromatic carbocycles. The number of para-hydroxylation sites is 2. The Morgan fingerprint density at radius 2 is 1.59 bits per heavy atom. The van der Waals surface area contributed by atoms with Crippen molar-refractivity contribution in [2.24, 2.45) is 0 Å². The van der Waals surface area contributed by atoms with Crippen LogP contribution in [0.2, 0.25) is 0 Å². The van der Waals surface area contributed by atoms with Crippen molar-refractivity contribution in [3.05, 3.63) is 24.3 Å². The molecule has 1 aliphatic heterocycles. The summed E-state index contributed by atoms with van der Waals surface area (Å²) in [6.07, 6.45) is 0. The third-order valence-electron chi connectivity index (χ3n) is 4.17. The minimum atomic E-state index is -0.476. The lowest BCUT2D eigenvalue weighted by molar-refractivity contribution is -0.142. The lowest BCUT2D eigenvalue weighted by atomic mass is 10.2. The van der Waals surface area contributed by atoms with Gasteiger partial charge in [-0.15, -0.1) is 0 Å². The van der Waals surface area contributed by atoms with Gasteiger partial charge in [0, 0.05) is 13.1 Å². The quantitative estimate of drug-likeness (QED) is 0.526. The molecule has 1 fully saturated rings. The van der Waals surface area contributed by atoms with Gasteiger partial charge in [-0.25, -0.2) is 0 Å². The van der Waals surface area contributed by atoms with Crippen LogP contribution in [0.4, 0.5) is 5.69 Å². The minimum absolute atomic E-state index is 0.148. The molecular weight excluding hydrogens is 380 g/mol. The summed E-state index contributed by atoms with van der Waals surface area (Å²) in [4.78, 5) is 39.6. The highest BCUT2D eigenvalue weighted by atomic mass is 16.5. The largest absolute Gasteiger partial charge is 0.482 e. The molecule has 0 aromatic heterocycles. The molecule has 0 N–H and O–H groups in total. The minimum Gasteiger partial charge on any atom is -0.482 e. The SMILES string of the molecule is CCOC(=O)CN(CC(=O)OCC)c1ccccc1OCC(=O)N1CCOCC1. The van der Waals surface area contributed by atoms with E-state index in [4.69, 9.17) is 18.9 Å². The fraction of sp³-hybridized carbons (Fsp3) is 0.550. The van der Waals surface area contributed by atoms with Crippen LogP contribution in [-0.2, 0) is 28.6 Å². The number of ether oxygens (including phenoxy) is 4. The van der Waals surface area contributed by atoms with Crippen molar-refractivity contribution in [1.29, 1.82) is 0 Å². The topological polar surface area (TPSA) is 94.6 Å². The number of benzene rings is 1. The first-order valence-corrected chi connectivity index (χ1v) is 9.68. The van der Waals surface area contributed by atoms with Gasteiger partial charge < -0.3 is 28.7 Å². The molecule has 1 saturated heterocycles. The summed E-state index contributed by atoms with van der Waals surface area (Å²) in [5, 5.41) is 0. The van der Waals surface area contributed by atoms with Crippen molar-refractivity contribution in [2.45, 2.75) is 13.8 Å². The summed E-state index contributed by atoms with van der Waals surface area (Å²) >= 11 is 0. The van der Waals surface area contributed by atoms with Gasteiger partial charge in [-0.05, 0) is 26.0 Å². The third kappa shape index (κ3) is 7.26. The molecular formula is C20H28N2O7. The van der Waals surface area contributed by atoms with Crippen LogP contribution in [0.1, 0.15) is 13.8 Å². The second-order valence-electron chi connectivity index (χ2n) is 6.22. The molecule has 1 heterocycles. The number of morpholine rings is 1. The first kappa shape index (κ1) is 22.5. The average molecular weight is 408 g/mol. The van der Waals surface area contributed by atoms with Crippen LogP contribution in [0.5, 0.6) is 5.75 Å². The van der Waals surface area contributed by atoms with Crippen molar-refractivity contribution >= 4 is 23.5 Å². The number of hydrogen-bond acceptors (Lipinski definition) is 8. The van der Waals surface area contributed by atoms with Crippen molar-refractivity contribution in [1.82, 2.24) is 4.90 Å². The summed E-state index contributed by atoms with van der Waals surface area (Å²) in [5.41, 5.74) is 0.503. The predicted molar refractivity (Wildman–Crippen MR) is 105 cm³/mol. The zero-order valence-corrected chi connectivity index (χ0v) is 16.9. The normalized spacial score (nSPS) is 13.5. The maximum Gasteiger partial charge on any atom is 0.325 e. The van der Waals surface area contributed by atoms with Crippen molar-refractivity contribution in [2.75, 3.05) is 64.1 Å². The molecule has 2 rings (SSSR count). The number of amides is 1. The Hall–Kier alpha value is -2.81. The molecule has 0 spiro atoms. The number of carbonyl (C=O) groups excluding carboxylic acids is 3. The van der Waals surface area contributed by atoms with Gasteiger partial charge in [0.1, 0.15) is 18.8 Å². The molecule has 0 unspecified atom stereocenters. The Kier molecular flexibility index (Phi) is 9.23. The lowest BCUT2D eigenvalue weighted by Crippen LogP contribution is -2.43. The van der Waals surface area contributed by atoms with E-state index in [1.165, 1.54) is 4.90 Å². The van der Waals surface area contributed by atoms with E-state index in [2.05, 4.69) is 0 Å². The number of carbonyl (C=O) groups is 3. The van der Waals surface area contributed by atoms with Gasteiger partial charge in [-0.2, -0.15) is 0 Å². The van der Waals surface area contributed by atoms with E-state index in [1.54, 1.807) is 43.0 Å². The second kappa shape index (κ2) is 11.9. The van der Waals surface area contributed by atoms with Crippen molar-refractivity contribution in [3.63, 3.8) is 0 Å². The van der Waals surface area contributed by atoms with Crippen molar-refractivity contribution in [3.8, 4) is 5.75 Å². The third-order valence-corrected chi connectivity index (χ3v) is 4.17. The molecule has 160 valence electrons. The van der Waals surface area contributed by atoms with E-state index in [0.717, 1.165) is 0 Å². The average Bonchev–Trinajstić information content (AvgIpc) is 2.73. The Morgan fingerprint density at radius 3 is 2.17 bits per heavy atom. The standard InChI is InChI=1S/C20H28N2O7/c1-3-27-19(24)13-22(14-20(25)28-4-2)16-7-5-6-8-17(16)29-15-18(23)21-9-11-26-12-10-21/h5-8H,3-4,9-15H2,1-2H3. The zero-order valence-electron chi connectivity index (χ0n) is 16.9. The molecule has 1 aliphatic rings. The van der Waals surface area contributed by atoms with Crippen LogP contribution >= 0.6 is 0 Å². The van der Waals surface area contributed by atoms with Crippen LogP contribution in [0, 0.1) is 0 Å². The fourth-order valence-electron chi connectivity index (χ4n) is 2.84.